The highest BCUT2D eigenvalue weighted by molar-refractivity contribution is 5.84. The van der Waals surface area contributed by atoms with E-state index < -0.39 is 0 Å². The fourth-order valence-electron chi connectivity index (χ4n) is 1.04. The Morgan fingerprint density at radius 1 is 1.50 bits per heavy atom. The summed E-state index contributed by atoms with van der Waals surface area (Å²) in [7, 11) is 0. The van der Waals surface area contributed by atoms with E-state index in [1.54, 1.807) is 18.2 Å². The first kappa shape index (κ1) is 6.68. The summed E-state index contributed by atoms with van der Waals surface area (Å²) in [6.07, 6.45) is 0. The van der Waals surface area contributed by atoms with Gasteiger partial charge in [-0.15, -0.1) is 0 Å². The molecule has 0 saturated carbocycles. The zero-order chi connectivity index (χ0) is 8.55. The second-order valence-corrected chi connectivity index (χ2v) is 2.40. The summed E-state index contributed by atoms with van der Waals surface area (Å²) < 4.78 is 4.87. The van der Waals surface area contributed by atoms with E-state index in [-0.39, 0.29) is 5.69 Å². The molecular weight excluding hydrogens is 154 g/mol. The fourth-order valence-corrected chi connectivity index (χ4v) is 1.04. The van der Waals surface area contributed by atoms with E-state index in [1.807, 2.05) is 6.07 Å². The molecule has 2 rings (SSSR count). The number of hydrogen-bond donors (Lipinski definition) is 1. The predicted octanol–water partition coefficient (Wildman–Crippen LogP) is 1.28. The van der Waals surface area contributed by atoms with Gasteiger partial charge in [0.25, 0.3) is 0 Å². The first-order valence-corrected chi connectivity index (χ1v) is 3.36. The van der Waals surface area contributed by atoms with E-state index >= 15 is 0 Å². The molecule has 12 heavy (non-hydrogen) atoms. The van der Waals surface area contributed by atoms with Crippen LogP contribution >= 0.6 is 0 Å². The molecule has 0 spiro atoms. The van der Waals surface area contributed by atoms with Gasteiger partial charge in [0.2, 0.25) is 0 Å². The lowest BCUT2D eigenvalue weighted by molar-refractivity contribution is 0.454. The monoisotopic (exact) mass is 159 g/mol. The van der Waals surface area contributed by atoms with E-state index in [0.717, 1.165) is 0 Å². The van der Waals surface area contributed by atoms with Crippen LogP contribution in [0.25, 0.3) is 11.0 Å². The summed E-state index contributed by atoms with van der Waals surface area (Å²) in [5.74, 6) is 0. The molecule has 2 aromatic rings. The van der Waals surface area contributed by atoms with Crippen LogP contribution in [-0.4, -0.2) is 5.16 Å². The molecule has 58 valence electrons. The van der Waals surface area contributed by atoms with Crippen molar-refractivity contribution in [3.8, 4) is 6.07 Å². The molecule has 0 aliphatic carbocycles. The molecule has 0 aliphatic heterocycles. The summed E-state index contributed by atoms with van der Waals surface area (Å²) in [5.41, 5.74) is 6.99. The van der Waals surface area contributed by atoms with Crippen LogP contribution in [0.15, 0.2) is 22.7 Å². The average Bonchev–Trinajstić information content (AvgIpc) is 2.46. The maximum atomic E-state index is 8.60. The van der Waals surface area contributed by atoms with Crippen molar-refractivity contribution in [2.75, 3.05) is 5.73 Å². The van der Waals surface area contributed by atoms with Crippen molar-refractivity contribution in [1.29, 1.82) is 5.26 Å². The zero-order valence-corrected chi connectivity index (χ0v) is 6.11. The molecule has 0 radical (unpaired) electrons. The lowest BCUT2D eigenvalue weighted by atomic mass is 10.2. The summed E-state index contributed by atoms with van der Waals surface area (Å²) in [4.78, 5) is 0. The molecular formula is C8H5N3O. The summed E-state index contributed by atoms with van der Waals surface area (Å²) >= 11 is 0. The van der Waals surface area contributed by atoms with E-state index in [9.17, 15) is 0 Å². The molecule has 2 N–H and O–H groups in total. The van der Waals surface area contributed by atoms with Crippen molar-refractivity contribution < 1.29 is 4.52 Å². The third-order valence-corrected chi connectivity index (χ3v) is 1.60. The van der Waals surface area contributed by atoms with Gasteiger partial charge >= 0.3 is 0 Å². The third kappa shape index (κ3) is 0.805. The molecule has 1 aromatic heterocycles. The Balaban J connectivity index is 2.86. The Bertz CT molecular complexity index is 467. The number of rotatable bonds is 0. The lowest BCUT2D eigenvalue weighted by Crippen LogP contribution is -1.82. The van der Waals surface area contributed by atoms with Crippen LogP contribution in [0, 0.1) is 11.3 Å². The van der Waals surface area contributed by atoms with E-state index in [1.165, 1.54) is 0 Å². The Hall–Kier alpha value is -2.02. The van der Waals surface area contributed by atoms with E-state index in [2.05, 4.69) is 5.16 Å². The van der Waals surface area contributed by atoms with Crippen LogP contribution in [0.4, 0.5) is 5.69 Å². The molecule has 4 heteroatoms. The number of nitrogens with two attached hydrogens (primary N) is 1. The minimum absolute atomic E-state index is 0.275. The largest absolute Gasteiger partial charge is 0.399 e. The second kappa shape index (κ2) is 2.24. The maximum absolute atomic E-state index is 8.60. The molecule has 4 nitrogen and oxygen atoms in total. The summed E-state index contributed by atoms with van der Waals surface area (Å²) in [6.45, 7) is 0. The highest BCUT2D eigenvalue weighted by atomic mass is 16.5. The molecule has 0 saturated heterocycles. The number of nitriles is 1. The number of aromatic nitrogens is 1. The first-order chi connectivity index (χ1) is 5.81. The molecule has 0 unspecified atom stereocenters. The van der Waals surface area contributed by atoms with Crippen LogP contribution in [0.1, 0.15) is 5.69 Å². The summed E-state index contributed by atoms with van der Waals surface area (Å²) in [6, 6.07) is 6.98. The molecule has 1 aromatic carbocycles. The first-order valence-electron chi connectivity index (χ1n) is 3.36. The Labute approximate surface area is 68.2 Å². The van der Waals surface area contributed by atoms with Crippen molar-refractivity contribution in [3.05, 3.63) is 23.9 Å². The van der Waals surface area contributed by atoms with Gasteiger partial charge < -0.3 is 10.3 Å². The van der Waals surface area contributed by atoms with Gasteiger partial charge in [0.05, 0.1) is 5.39 Å². The summed E-state index contributed by atoms with van der Waals surface area (Å²) in [5, 5.41) is 12.8. The number of nitrogen functional groups attached to an aromatic ring is 1. The van der Waals surface area contributed by atoms with Gasteiger partial charge in [-0.3, -0.25) is 0 Å². The van der Waals surface area contributed by atoms with Crippen molar-refractivity contribution in [2.24, 2.45) is 0 Å². The Morgan fingerprint density at radius 2 is 2.33 bits per heavy atom. The highest BCUT2D eigenvalue weighted by Gasteiger charge is 2.06. The smallest absolute Gasteiger partial charge is 0.191 e. The van der Waals surface area contributed by atoms with Gasteiger partial charge in [-0.05, 0) is 18.2 Å². The van der Waals surface area contributed by atoms with Crippen LogP contribution in [-0.2, 0) is 0 Å². The van der Waals surface area contributed by atoms with Crippen LogP contribution in [0.3, 0.4) is 0 Å². The van der Waals surface area contributed by atoms with Crippen LogP contribution in [0.5, 0.6) is 0 Å². The van der Waals surface area contributed by atoms with Crippen LogP contribution in [0.2, 0.25) is 0 Å². The third-order valence-electron chi connectivity index (χ3n) is 1.60. The molecule has 0 fully saturated rings. The maximum Gasteiger partial charge on any atom is 0.191 e. The Morgan fingerprint density at radius 3 is 3.08 bits per heavy atom. The zero-order valence-electron chi connectivity index (χ0n) is 6.11. The molecule has 1 heterocycles. The highest BCUT2D eigenvalue weighted by Crippen LogP contribution is 2.19. The quantitative estimate of drug-likeness (QED) is 0.587. The van der Waals surface area contributed by atoms with Gasteiger partial charge in [0, 0.05) is 5.69 Å². The minimum atomic E-state index is 0.275. The number of fused-ring (bicyclic) bond motifs is 1. The number of nitrogens with zero attached hydrogens (tertiary/aromatic N) is 2. The SMILES string of the molecule is N#Cc1noc2ccc(N)cc12. The standard InChI is InChI=1S/C8H5N3O/c9-4-7-6-3-5(10)1-2-8(6)12-11-7/h1-3H,10H2. The lowest BCUT2D eigenvalue weighted by Gasteiger charge is -1.89. The number of hydrogen-bond acceptors (Lipinski definition) is 4. The van der Waals surface area contributed by atoms with Gasteiger partial charge in [-0.1, -0.05) is 5.16 Å². The van der Waals surface area contributed by atoms with Crippen molar-refractivity contribution in [2.45, 2.75) is 0 Å². The predicted molar refractivity (Wildman–Crippen MR) is 43.1 cm³/mol. The molecule has 0 atom stereocenters. The fraction of sp³-hybridized carbons (Fsp3) is 0. The minimum Gasteiger partial charge on any atom is -0.399 e. The number of anilines is 1. The number of benzene rings is 1. The van der Waals surface area contributed by atoms with Gasteiger partial charge in [-0.25, -0.2) is 0 Å². The van der Waals surface area contributed by atoms with Crippen molar-refractivity contribution >= 4 is 16.7 Å². The second-order valence-electron chi connectivity index (χ2n) is 2.40. The molecule has 0 bridgehead atoms. The topological polar surface area (TPSA) is 75.8 Å². The normalized spacial score (nSPS) is 9.92. The van der Waals surface area contributed by atoms with E-state index in [4.69, 9.17) is 15.5 Å². The molecule has 0 amide bonds. The average molecular weight is 159 g/mol. The van der Waals surface area contributed by atoms with Crippen molar-refractivity contribution in [1.82, 2.24) is 5.16 Å². The molecule has 0 aliphatic rings. The van der Waals surface area contributed by atoms with Gasteiger partial charge in [0.1, 0.15) is 6.07 Å². The van der Waals surface area contributed by atoms with Crippen molar-refractivity contribution in [3.63, 3.8) is 0 Å². The Kier molecular flexibility index (Phi) is 1.25. The van der Waals surface area contributed by atoms with E-state index in [0.29, 0.717) is 16.7 Å². The van der Waals surface area contributed by atoms with Gasteiger partial charge in [-0.2, -0.15) is 5.26 Å². The van der Waals surface area contributed by atoms with Gasteiger partial charge in [0.15, 0.2) is 11.3 Å². The van der Waals surface area contributed by atoms with Crippen LogP contribution < -0.4 is 5.73 Å².